The van der Waals surface area contributed by atoms with E-state index in [-0.39, 0.29) is 0 Å². The number of carboxylic acid groups (broad SMARTS) is 1. The van der Waals surface area contributed by atoms with Gasteiger partial charge in [-0.2, -0.15) is 5.26 Å². The molecule has 1 heterocycles. The third-order valence-electron chi connectivity index (χ3n) is 3.97. The van der Waals surface area contributed by atoms with Crippen molar-refractivity contribution in [3.63, 3.8) is 0 Å². The summed E-state index contributed by atoms with van der Waals surface area (Å²) in [6, 6.07) is 6.73. The highest BCUT2D eigenvalue weighted by atomic mass is 16.4. The number of hydrogen-bond acceptors (Lipinski definition) is 3. The number of amides is 2. The van der Waals surface area contributed by atoms with Crippen molar-refractivity contribution in [3.05, 3.63) is 29.3 Å². The maximum atomic E-state index is 12.4. The summed E-state index contributed by atoms with van der Waals surface area (Å²) < 4.78 is 0. The number of rotatable bonds is 2. The Balaban J connectivity index is 2.25. The van der Waals surface area contributed by atoms with Crippen molar-refractivity contribution >= 4 is 17.7 Å². The highest BCUT2D eigenvalue weighted by Crippen LogP contribution is 2.30. The fourth-order valence-electron chi connectivity index (χ4n) is 2.61. The van der Waals surface area contributed by atoms with Gasteiger partial charge in [-0.1, -0.05) is 12.1 Å². The Kier molecular flexibility index (Phi) is 3.85. The van der Waals surface area contributed by atoms with Gasteiger partial charge in [0.1, 0.15) is 11.6 Å². The van der Waals surface area contributed by atoms with Gasteiger partial charge >= 0.3 is 12.0 Å². The van der Waals surface area contributed by atoms with Gasteiger partial charge in [0.05, 0.1) is 11.3 Å². The zero-order chi connectivity index (χ0) is 15.6. The Morgan fingerprint density at radius 1 is 1.48 bits per heavy atom. The third kappa shape index (κ3) is 2.55. The number of nitrogens with one attached hydrogen (secondary N) is 1. The van der Waals surface area contributed by atoms with E-state index < -0.39 is 17.5 Å². The molecule has 2 amide bonds. The number of urea groups is 1. The van der Waals surface area contributed by atoms with Gasteiger partial charge in [0.2, 0.25) is 0 Å². The summed E-state index contributed by atoms with van der Waals surface area (Å²) >= 11 is 0. The number of benzene rings is 1. The van der Waals surface area contributed by atoms with Crippen molar-refractivity contribution in [1.82, 2.24) is 4.90 Å². The molecule has 2 rings (SSSR count). The highest BCUT2D eigenvalue weighted by molar-refractivity contribution is 5.95. The Bertz CT molecular complexity index is 636. The van der Waals surface area contributed by atoms with Gasteiger partial charge in [0.25, 0.3) is 0 Å². The zero-order valence-electron chi connectivity index (χ0n) is 12.0. The average molecular weight is 287 g/mol. The first-order valence-corrected chi connectivity index (χ1v) is 6.72. The van der Waals surface area contributed by atoms with Crippen molar-refractivity contribution in [2.24, 2.45) is 0 Å². The maximum absolute atomic E-state index is 12.4. The van der Waals surface area contributed by atoms with Gasteiger partial charge in [-0.25, -0.2) is 9.59 Å². The number of carbonyl (C=O) groups excluding carboxylic acids is 1. The van der Waals surface area contributed by atoms with Gasteiger partial charge in [0.15, 0.2) is 0 Å². The number of aryl methyl sites for hydroxylation is 1. The van der Waals surface area contributed by atoms with Crippen LogP contribution >= 0.6 is 0 Å². The van der Waals surface area contributed by atoms with Crippen LogP contribution in [0.1, 0.15) is 30.9 Å². The van der Waals surface area contributed by atoms with Crippen molar-refractivity contribution in [2.75, 3.05) is 11.9 Å². The zero-order valence-corrected chi connectivity index (χ0v) is 12.0. The van der Waals surface area contributed by atoms with Crippen LogP contribution in [0.15, 0.2) is 18.2 Å². The van der Waals surface area contributed by atoms with Gasteiger partial charge in [-0.15, -0.1) is 0 Å². The quantitative estimate of drug-likeness (QED) is 0.873. The number of nitriles is 1. The van der Waals surface area contributed by atoms with Crippen LogP contribution in [0.5, 0.6) is 0 Å². The summed E-state index contributed by atoms with van der Waals surface area (Å²) in [5.74, 6) is -1.01. The molecular weight excluding hydrogens is 270 g/mol. The van der Waals surface area contributed by atoms with Crippen LogP contribution in [0, 0.1) is 18.3 Å². The number of anilines is 1. The Hall–Kier alpha value is -2.55. The summed E-state index contributed by atoms with van der Waals surface area (Å²) in [6.45, 7) is 3.72. The second kappa shape index (κ2) is 5.44. The molecule has 6 heteroatoms. The predicted octanol–water partition coefficient (Wildman–Crippen LogP) is 2.34. The maximum Gasteiger partial charge on any atom is 0.329 e. The number of carboxylic acids is 1. The minimum absolute atomic E-state index is 0.391. The number of likely N-dealkylation sites (tertiary alicyclic amines) is 1. The predicted molar refractivity (Wildman–Crippen MR) is 76.9 cm³/mol. The molecule has 1 aromatic carbocycles. The van der Waals surface area contributed by atoms with E-state index in [0.29, 0.717) is 30.6 Å². The average Bonchev–Trinajstić information content (AvgIpc) is 2.82. The molecule has 1 unspecified atom stereocenters. The molecule has 1 atom stereocenters. The Labute approximate surface area is 123 Å². The first kappa shape index (κ1) is 14.9. The lowest BCUT2D eigenvalue weighted by molar-refractivity contribution is -0.146. The smallest absolute Gasteiger partial charge is 0.329 e. The monoisotopic (exact) mass is 287 g/mol. The van der Waals surface area contributed by atoms with Crippen molar-refractivity contribution < 1.29 is 14.7 Å². The normalized spacial score (nSPS) is 20.9. The fourth-order valence-corrected chi connectivity index (χ4v) is 2.61. The molecule has 1 fully saturated rings. The van der Waals surface area contributed by atoms with Crippen LogP contribution in [0.2, 0.25) is 0 Å². The van der Waals surface area contributed by atoms with Crippen LogP contribution in [0.4, 0.5) is 10.5 Å². The fraction of sp³-hybridized carbons (Fsp3) is 0.400. The van der Waals surface area contributed by atoms with Crippen molar-refractivity contribution in [2.45, 2.75) is 32.2 Å². The van der Waals surface area contributed by atoms with Crippen LogP contribution in [0.3, 0.4) is 0 Å². The van der Waals surface area contributed by atoms with Gasteiger partial charge < -0.3 is 15.3 Å². The van der Waals surface area contributed by atoms with Crippen LogP contribution < -0.4 is 5.32 Å². The van der Waals surface area contributed by atoms with Crippen LogP contribution in [0.25, 0.3) is 0 Å². The number of hydrogen-bond donors (Lipinski definition) is 2. The number of nitrogens with zero attached hydrogens (tertiary/aromatic N) is 2. The minimum Gasteiger partial charge on any atom is -0.480 e. The largest absolute Gasteiger partial charge is 0.480 e. The minimum atomic E-state index is -1.19. The second-order valence-electron chi connectivity index (χ2n) is 5.37. The lowest BCUT2D eigenvalue weighted by atomic mass is 10.00. The van der Waals surface area contributed by atoms with Crippen LogP contribution in [-0.2, 0) is 4.79 Å². The molecule has 0 aliphatic carbocycles. The second-order valence-corrected chi connectivity index (χ2v) is 5.37. The number of aliphatic carboxylic acids is 1. The van der Waals surface area contributed by atoms with E-state index in [1.165, 1.54) is 4.90 Å². The van der Waals surface area contributed by atoms with Crippen molar-refractivity contribution in [1.29, 1.82) is 5.26 Å². The summed E-state index contributed by atoms with van der Waals surface area (Å²) in [7, 11) is 0. The first-order valence-electron chi connectivity index (χ1n) is 6.72. The standard InChI is InChI=1S/C15H17N3O3/c1-10-5-3-6-12(11(10)9-16)17-14(21)18-8-4-7-15(18,2)13(19)20/h3,5-6H,4,7-8H2,1-2H3,(H,17,21)(H,19,20). The molecule has 21 heavy (non-hydrogen) atoms. The molecule has 1 aromatic rings. The summed E-state index contributed by atoms with van der Waals surface area (Å²) in [5.41, 5.74) is 0.364. The molecule has 1 aliphatic heterocycles. The summed E-state index contributed by atoms with van der Waals surface area (Å²) in [4.78, 5) is 25.1. The van der Waals surface area contributed by atoms with Crippen molar-refractivity contribution in [3.8, 4) is 6.07 Å². The number of carbonyl (C=O) groups is 2. The third-order valence-corrected chi connectivity index (χ3v) is 3.97. The molecule has 6 nitrogen and oxygen atoms in total. The lowest BCUT2D eigenvalue weighted by Crippen LogP contribution is -2.52. The van der Waals surface area contributed by atoms with E-state index in [0.717, 1.165) is 5.56 Å². The van der Waals surface area contributed by atoms with E-state index in [4.69, 9.17) is 5.26 Å². The molecule has 0 aromatic heterocycles. The van der Waals surface area contributed by atoms with E-state index in [2.05, 4.69) is 11.4 Å². The molecule has 110 valence electrons. The van der Waals surface area contributed by atoms with Gasteiger partial charge in [-0.3, -0.25) is 0 Å². The lowest BCUT2D eigenvalue weighted by Gasteiger charge is -2.31. The van der Waals surface area contributed by atoms with Crippen LogP contribution in [-0.4, -0.2) is 34.1 Å². The SMILES string of the molecule is Cc1cccc(NC(=O)N2CCCC2(C)C(=O)O)c1C#N. The molecule has 0 saturated carbocycles. The molecule has 1 aliphatic rings. The summed E-state index contributed by atoms with van der Waals surface area (Å²) in [6.07, 6.45) is 1.07. The molecule has 0 radical (unpaired) electrons. The molecular formula is C15H17N3O3. The van der Waals surface area contributed by atoms with Gasteiger partial charge in [0, 0.05) is 6.54 Å². The van der Waals surface area contributed by atoms with Gasteiger partial charge in [-0.05, 0) is 38.3 Å². The topological polar surface area (TPSA) is 93.4 Å². The Morgan fingerprint density at radius 2 is 2.19 bits per heavy atom. The molecule has 0 bridgehead atoms. The van der Waals surface area contributed by atoms with E-state index in [9.17, 15) is 14.7 Å². The molecule has 1 saturated heterocycles. The molecule has 0 spiro atoms. The van der Waals surface area contributed by atoms with E-state index in [1.54, 1.807) is 32.0 Å². The summed E-state index contributed by atoms with van der Waals surface area (Å²) in [5, 5.41) is 21.1. The highest BCUT2D eigenvalue weighted by Gasteiger charge is 2.46. The van der Waals surface area contributed by atoms with E-state index >= 15 is 0 Å². The first-order chi connectivity index (χ1) is 9.90. The Morgan fingerprint density at radius 3 is 2.81 bits per heavy atom. The van der Waals surface area contributed by atoms with E-state index in [1.807, 2.05) is 0 Å². The molecule has 2 N–H and O–H groups in total.